The highest BCUT2D eigenvalue weighted by Gasteiger charge is 2.22. The van der Waals surface area contributed by atoms with Crippen molar-refractivity contribution in [3.8, 4) is 11.1 Å². The molecule has 0 spiro atoms. The number of nitrogens with one attached hydrogen (secondary N) is 3. The monoisotopic (exact) mass is 483 g/mol. The summed E-state index contributed by atoms with van der Waals surface area (Å²) >= 11 is 0. The SMILES string of the molecule is CCOC1CCC(Nc2ncc3c(-c4ccn5ncc(C(=O)NCC(F)F)c5c4)c[nH]c3n2)CC1. The van der Waals surface area contributed by atoms with Crippen molar-refractivity contribution in [2.45, 2.75) is 51.2 Å². The Morgan fingerprint density at radius 2 is 2.11 bits per heavy atom. The molecule has 9 nitrogen and oxygen atoms in total. The highest BCUT2D eigenvalue weighted by atomic mass is 19.3. The van der Waals surface area contributed by atoms with Crippen LogP contribution in [0.5, 0.6) is 0 Å². The van der Waals surface area contributed by atoms with Gasteiger partial charge in [0.25, 0.3) is 12.3 Å². The molecule has 0 unspecified atom stereocenters. The minimum absolute atomic E-state index is 0.231. The van der Waals surface area contributed by atoms with E-state index in [1.807, 2.05) is 19.2 Å². The second-order valence-corrected chi connectivity index (χ2v) is 8.64. The van der Waals surface area contributed by atoms with Crippen molar-refractivity contribution in [1.82, 2.24) is 29.9 Å². The van der Waals surface area contributed by atoms with E-state index in [9.17, 15) is 13.6 Å². The maximum Gasteiger partial charge on any atom is 0.255 e. The fourth-order valence-electron chi connectivity index (χ4n) is 4.60. The molecule has 0 radical (unpaired) electrons. The van der Waals surface area contributed by atoms with Crippen LogP contribution in [0.3, 0.4) is 0 Å². The van der Waals surface area contributed by atoms with Crippen molar-refractivity contribution < 1.29 is 18.3 Å². The first-order valence-corrected chi connectivity index (χ1v) is 11.8. The molecule has 1 aliphatic rings. The molecular weight excluding hydrogens is 456 g/mol. The summed E-state index contributed by atoms with van der Waals surface area (Å²) < 4.78 is 32.2. The summed E-state index contributed by atoms with van der Waals surface area (Å²) in [6.45, 7) is 2.07. The van der Waals surface area contributed by atoms with Crippen molar-refractivity contribution in [2.75, 3.05) is 18.5 Å². The average molecular weight is 484 g/mol. The molecule has 4 aromatic heterocycles. The average Bonchev–Trinajstić information content (AvgIpc) is 3.47. The van der Waals surface area contributed by atoms with Gasteiger partial charge in [0.05, 0.1) is 29.9 Å². The summed E-state index contributed by atoms with van der Waals surface area (Å²) in [5, 5.41) is 10.7. The number of aromatic amines is 1. The number of hydrogen-bond donors (Lipinski definition) is 3. The van der Waals surface area contributed by atoms with Crippen LogP contribution >= 0.6 is 0 Å². The third kappa shape index (κ3) is 4.95. The number of pyridine rings is 1. The number of halogens is 2. The van der Waals surface area contributed by atoms with E-state index in [0.29, 0.717) is 29.3 Å². The molecule has 0 saturated heterocycles. The van der Waals surface area contributed by atoms with Gasteiger partial charge in [0, 0.05) is 42.2 Å². The number of fused-ring (bicyclic) bond motifs is 2. The molecule has 1 amide bonds. The Hall–Kier alpha value is -3.60. The second kappa shape index (κ2) is 9.95. The van der Waals surface area contributed by atoms with Crippen molar-refractivity contribution in [3.05, 3.63) is 42.5 Å². The third-order valence-corrected chi connectivity index (χ3v) is 6.34. The quantitative estimate of drug-likeness (QED) is 0.349. The zero-order valence-corrected chi connectivity index (χ0v) is 19.3. The maximum atomic E-state index is 12.5. The number of nitrogens with zero attached hydrogens (tertiary/aromatic N) is 4. The number of carbonyl (C=O) groups excluding carboxylic acids is 1. The molecule has 35 heavy (non-hydrogen) atoms. The summed E-state index contributed by atoms with van der Waals surface area (Å²) in [7, 11) is 0. The minimum atomic E-state index is -2.62. The van der Waals surface area contributed by atoms with Crippen molar-refractivity contribution >= 4 is 28.4 Å². The van der Waals surface area contributed by atoms with Gasteiger partial charge in [-0.1, -0.05) is 0 Å². The number of hydrogen-bond acceptors (Lipinski definition) is 6. The van der Waals surface area contributed by atoms with Crippen molar-refractivity contribution in [3.63, 3.8) is 0 Å². The molecule has 4 heterocycles. The van der Waals surface area contributed by atoms with E-state index in [2.05, 4.69) is 30.7 Å². The van der Waals surface area contributed by atoms with E-state index in [1.54, 1.807) is 18.5 Å². The minimum Gasteiger partial charge on any atom is -0.379 e. The van der Waals surface area contributed by atoms with Crippen LogP contribution in [0.2, 0.25) is 0 Å². The predicted octanol–water partition coefficient (Wildman–Crippen LogP) is 4.03. The largest absolute Gasteiger partial charge is 0.379 e. The summed E-state index contributed by atoms with van der Waals surface area (Å²) in [5.41, 5.74) is 3.14. The molecule has 184 valence electrons. The Labute approximate surface area is 200 Å². The molecule has 5 rings (SSSR count). The van der Waals surface area contributed by atoms with Crippen LogP contribution < -0.4 is 10.6 Å². The summed E-state index contributed by atoms with van der Waals surface area (Å²) in [6, 6.07) is 3.99. The van der Waals surface area contributed by atoms with E-state index in [4.69, 9.17) is 4.74 Å². The van der Waals surface area contributed by atoms with Gasteiger partial charge in [0.15, 0.2) is 0 Å². The topological polar surface area (TPSA) is 109 Å². The van der Waals surface area contributed by atoms with Crippen molar-refractivity contribution in [1.29, 1.82) is 0 Å². The van der Waals surface area contributed by atoms with Crippen LogP contribution in [0.15, 0.2) is 36.9 Å². The number of aromatic nitrogens is 5. The third-order valence-electron chi connectivity index (χ3n) is 6.34. The number of ether oxygens (including phenoxy) is 1. The number of H-pyrrole nitrogens is 1. The lowest BCUT2D eigenvalue weighted by atomic mass is 9.93. The maximum absolute atomic E-state index is 12.5. The Morgan fingerprint density at radius 1 is 1.29 bits per heavy atom. The number of alkyl halides is 2. The van der Waals surface area contributed by atoms with E-state index in [0.717, 1.165) is 48.8 Å². The lowest BCUT2D eigenvalue weighted by Crippen LogP contribution is -2.30. The lowest BCUT2D eigenvalue weighted by molar-refractivity contribution is 0.0346. The number of amides is 1. The molecule has 0 atom stereocenters. The summed E-state index contributed by atoms with van der Waals surface area (Å²) in [5.74, 6) is -0.0132. The van der Waals surface area contributed by atoms with E-state index in [-0.39, 0.29) is 5.56 Å². The van der Waals surface area contributed by atoms with E-state index < -0.39 is 18.9 Å². The number of rotatable bonds is 8. The van der Waals surface area contributed by atoms with Crippen molar-refractivity contribution in [2.24, 2.45) is 0 Å². The Balaban J connectivity index is 1.35. The molecule has 4 aromatic rings. The van der Waals surface area contributed by atoms with Crippen LogP contribution in [0.1, 0.15) is 43.0 Å². The van der Waals surface area contributed by atoms with Gasteiger partial charge in [0.2, 0.25) is 5.95 Å². The molecule has 0 bridgehead atoms. The number of carbonyl (C=O) groups is 1. The van der Waals surface area contributed by atoms with Gasteiger partial charge < -0.3 is 20.4 Å². The first-order chi connectivity index (χ1) is 17.0. The van der Waals surface area contributed by atoms with E-state index >= 15 is 0 Å². The van der Waals surface area contributed by atoms with Gasteiger partial charge in [0.1, 0.15) is 5.65 Å². The Bertz CT molecular complexity index is 1330. The van der Waals surface area contributed by atoms with Crippen LogP contribution in [-0.2, 0) is 4.74 Å². The molecule has 3 N–H and O–H groups in total. The van der Waals surface area contributed by atoms with Gasteiger partial charge >= 0.3 is 0 Å². The van der Waals surface area contributed by atoms with Crippen LogP contribution in [-0.4, -0.2) is 62.2 Å². The number of anilines is 1. The summed E-state index contributed by atoms with van der Waals surface area (Å²) in [4.78, 5) is 24.7. The van der Waals surface area contributed by atoms with E-state index in [1.165, 1.54) is 10.7 Å². The Kier molecular flexibility index (Phi) is 6.58. The smallest absolute Gasteiger partial charge is 0.255 e. The molecule has 1 fully saturated rings. The van der Waals surface area contributed by atoms with Gasteiger partial charge in [-0.3, -0.25) is 4.79 Å². The van der Waals surface area contributed by atoms with Crippen LogP contribution in [0.25, 0.3) is 27.7 Å². The highest BCUT2D eigenvalue weighted by molar-refractivity contribution is 6.02. The second-order valence-electron chi connectivity index (χ2n) is 8.64. The zero-order chi connectivity index (χ0) is 24.4. The van der Waals surface area contributed by atoms with Gasteiger partial charge in [-0.15, -0.1) is 0 Å². The predicted molar refractivity (Wildman–Crippen MR) is 128 cm³/mol. The highest BCUT2D eigenvalue weighted by Crippen LogP contribution is 2.30. The first-order valence-electron chi connectivity index (χ1n) is 11.8. The molecule has 11 heteroatoms. The first kappa shape index (κ1) is 23.2. The standard InChI is InChI=1S/C24H27F2N7O2/c1-2-35-16-5-3-15(4-6-16)31-24-29-11-18-17(10-27-22(18)32-24)14-7-8-33-20(9-14)19(12-30-33)23(34)28-13-21(25)26/h7-12,15-16,21H,2-6,13H2,1H3,(H,28,34)(H2,27,29,31,32). The molecule has 0 aliphatic heterocycles. The molecule has 0 aromatic carbocycles. The fraction of sp³-hybridized carbons (Fsp3) is 0.417. The molecular formula is C24H27F2N7O2. The van der Waals surface area contributed by atoms with Gasteiger partial charge in [-0.25, -0.2) is 18.3 Å². The fourth-order valence-corrected chi connectivity index (χ4v) is 4.60. The Morgan fingerprint density at radius 3 is 2.89 bits per heavy atom. The normalized spacial score (nSPS) is 18.4. The van der Waals surface area contributed by atoms with Crippen LogP contribution in [0.4, 0.5) is 14.7 Å². The van der Waals surface area contributed by atoms with Crippen LogP contribution in [0, 0.1) is 0 Å². The summed E-state index contributed by atoms with van der Waals surface area (Å²) in [6.07, 6.45) is 8.53. The molecule has 1 aliphatic carbocycles. The van der Waals surface area contributed by atoms with Gasteiger partial charge in [-0.2, -0.15) is 10.1 Å². The lowest BCUT2D eigenvalue weighted by Gasteiger charge is -2.28. The van der Waals surface area contributed by atoms with Gasteiger partial charge in [-0.05, 0) is 50.3 Å². The molecule has 1 saturated carbocycles. The zero-order valence-electron chi connectivity index (χ0n) is 19.3.